The Bertz CT molecular complexity index is 1110. The van der Waals surface area contributed by atoms with E-state index in [9.17, 15) is 0 Å². The smallest absolute Gasteiger partial charge is 0.182 e. The maximum absolute atomic E-state index is 5.96. The van der Waals surface area contributed by atoms with Crippen LogP contribution in [-0.4, -0.2) is 45.1 Å². The molecule has 0 bridgehead atoms. The summed E-state index contributed by atoms with van der Waals surface area (Å²) in [5.74, 6) is 3.86. The molecule has 1 saturated heterocycles. The highest BCUT2D eigenvalue weighted by Gasteiger charge is 2.25. The summed E-state index contributed by atoms with van der Waals surface area (Å²) in [7, 11) is 5.96. The van der Waals surface area contributed by atoms with Gasteiger partial charge < -0.3 is 9.55 Å². The SMILES string of the molecule is [B]N1CCC1Cn1nc(-c2ccc(OC(/C=C\C#C)=C/C)cc2)c2cncnc21. The van der Waals surface area contributed by atoms with Gasteiger partial charge in [0, 0.05) is 17.8 Å². The number of fused-ring (bicyclic) bond motifs is 1. The lowest BCUT2D eigenvalue weighted by atomic mass is 9.98. The summed E-state index contributed by atoms with van der Waals surface area (Å²) in [6, 6.07) is 8.05. The quantitative estimate of drug-likeness (QED) is 0.284. The molecule has 1 aliphatic rings. The van der Waals surface area contributed by atoms with Crippen molar-refractivity contribution in [1.82, 2.24) is 24.6 Å². The molecule has 3 heterocycles. The van der Waals surface area contributed by atoms with Gasteiger partial charge in [0.05, 0.1) is 11.9 Å². The maximum atomic E-state index is 5.96. The van der Waals surface area contributed by atoms with Crippen molar-refractivity contribution in [3.05, 3.63) is 60.8 Å². The van der Waals surface area contributed by atoms with E-state index in [-0.39, 0.29) is 6.04 Å². The molecule has 1 atom stereocenters. The fourth-order valence-electron chi connectivity index (χ4n) is 3.25. The van der Waals surface area contributed by atoms with Crippen molar-refractivity contribution in [1.29, 1.82) is 0 Å². The average molecular weight is 381 g/mol. The number of terminal acetylenes is 1. The van der Waals surface area contributed by atoms with Gasteiger partial charge in [-0.2, -0.15) is 5.10 Å². The molecule has 1 aromatic carbocycles. The fourth-order valence-corrected chi connectivity index (χ4v) is 3.25. The van der Waals surface area contributed by atoms with Crippen LogP contribution in [0.5, 0.6) is 5.75 Å². The molecule has 1 unspecified atom stereocenters. The Morgan fingerprint density at radius 1 is 1.38 bits per heavy atom. The highest BCUT2D eigenvalue weighted by Crippen LogP contribution is 2.29. The minimum Gasteiger partial charge on any atom is -0.458 e. The largest absolute Gasteiger partial charge is 0.458 e. The first-order valence-corrected chi connectivity index (χ1v) is 9.44. The van der Waals surface area contributed by atoms with Crippen molar-refractivity contribution in [2.45, 2.75) is 25.9 Å². The lowest BCUT2D eigenvalue weighted by Gasteiger charge is -2.38. The second-order valence-corrected chi connectivity index (χ2v) is 6.79. The van der Waals surface area contributed by atoms with Gasteiger partial charge >= 0.3 is 0 Å². The zero-order valence-electron chi connectivity index (χ0n) is 16.2. The average Bonchev–Trinajstić information content (AvgIpc) is 3.13. The predicted molar refractivity (Wildman–Crippen MR) is 114 cm³/mol. The van der Waals surface area contributed by atoms with Crippen molar-refractivity contribution in [3.8, 4) is 29.4 Å². The monoisotopic (exact) mass is 381 g/mol. The van der Waals surface area contributed by atoms with E-state index in [1.165, 1.54) is 0 Å². The Morgan fingerprint density at radius 2 is 2.21 bits per heavy atom. The molecule has 4 rings (SSSR count). The highest BCUT2D eigenvalue weighted by atomic mass is 16.5. The summed E-state index contributed by atoms with van der Waals surface area (Å²) in [6.45, 7) is 3.52. The molecule has 3 aromatic rings. The third-order valence-corrected chi connectivity index (χ3v) is 4.98. The molecule has 0 spiro atoms. The molecular weight excluding hydrogens is 361 g/mol. The molecule has 1 fully saturated rings. The van der Waals surface area contributed by atoms with E-state index in [2.05, 4.69) is 15.9 Å². The number of hydrogen-bond donors (Lipinski definition) is 0. The van der Waals surface area contributed by atoms with Gasteiger partial charge in [0.2, 0.25) is 0 Å². The van der Waals surface area contributed by atoms with Crippen molar-refractivity contribution < 1.29 is 4.74 Å². The van der Waals surface area contributed by atoms with Gasteiger partial charge in [-0.25, -0.2) is 14.6 Å². The van der Waals surface area contributed by atoms with Gasteiger partial charge in [0.1, 0.15) is 23.5 Å². The van der Waals surface area contributed by atoms with Crippen molar-refractivity contribution in [2.75, 3.05) is 6.54 Å². The normalized spacial score (nSPS) is 17.4. The minimum atomic E-state index is 0.284. The van der Waals surface area contributed by atoms with Crippen LogP contribution in [0.4, 0.5) is 0 Å². The van der Waals surface area contributed by atoms with Crippen LogP contribution >= 0.6 is 0 Å². The summed E-state index contributed by atoms with van der Waals surface area (Å²) in [5, 5.41) is 5.72. The summed E-state index contributed by atoms with van der Waals surface area (Å²) < 4.78 is 7.76. The van der Waals surface area contributed by atoms with Crippen molar-refractivity contribution in [3.63, 3.8) is 0 Å². The Morgan fingerprint density at radius 3 is 2.86 bits per heavy atom. The topological polar surface area (TPSA) is 56.1 Å². The van der Waals surface area contributed by atoms with E-state index in [1.54, 1.807) is 24.7 Å². The van der Waals surface area contributed by atoms with E-state index < -0.39 is 0 Å². The molecule has 2 aromatic heterocycles. The molecule has 142 valence electrons. The van der Waals surface area contributed by atoms with E-state index in [0.29, 0.717) is 12.3 Å². The first-order chi connectivity index (χ1) is 14.2. The van der Waals surface area contributed by atoms with Crippen LogP contribution in [0.2, 0.25) is 0 Å². The number of rotatable bonds is 6. The van der Waals surface area contributed by atoms with E-state index >= 15 is 0 Å². The molecule has 7 heteroatoms. The molecule has 29 heavy (non-hydrogen) atoms. The van der Waals surface area contributed by atoms with Gasteiger partial charge in [0.25, 0.3) is 0 Å². The summed E-state index contributed by atoms with van der Waals surface area (Å²) in [5.41, 5.74) is 2.62. The summed E-state index contributed by atoms with van der Waals surface area (Å²) >= 11 is 0. The summed E-state index contributed by atoms with van der Waals surface area (Å²) in [4.78, 5) is 10.5. The minimum absolute atomic E-state index is 0.284. The van der Waals surface area contributed by atoms with Crippen molar-refractivity contribution in [2.24, 2.45) is 0 Å². The van der Waals surface area contributed by atoms with E-state index in [1.807, 2.05) is 46.8 Å². The Balaban J connectivity index is 1.61. The lowest BCUT2D eigenvalue weighted by Crippen LogP contribution is -2.48. The summed E-state index contributed by atoms with van der Waals surface area (Å²) in [6.07, 6.45) is 14.9. The number of hydrogen-bond acceptors (Lipinski definition) is 5. The zero-order valence-corrected chi connectivity index (χ0v) is 16.2. The molecule has 6 nitrogen and oxygen atoms in total. The molecule has 0 saturated carbocycles. The number of nitrogens with zero attached hydrogens (tertiary/aromatic N) is 5. The van der Waals surface area contributed by atoms with Gasteiger partial charge in [-0.1, -0.05) is 5.92 Å². The van der Waals surface area contributed by atoms with Crippen LogP contribution in [0.15, 0.2) is 60.8 Å². The highest BCUT2D eigenvalue weighted by molar-refractivity contribution is 6.05. The molecule has 2 radical (unpaired) electrons. The number of aromatic nitrogens is 4. The van der Waals surface area contributed by atoms with E-state index in [0.717, 1.165) is 41.0 Å². The van der Waals surface area contributed by atoms with E-state index in [4.69, 9.17) is 24.2 Å². The first kappa shape index (κ1) is 19.0. The molecular formula is C22H20BN5O. The van der Waals surface area contributed by atoms with Gasteiger partial charge in [-0.15, -0.1) is 6.42 Å². The third kappa shape index (κ3) is 3.93. The lowest BCUT2D eigenvalue weighted by molar-refractivity contribution is 0.181. The van der Waals surface area contributed by atoms with Crippen LogP contribution in [-0.2, 0) is 6.54 Å². The third-order valence-electron chi connectivity index (χ3n) is 4.98. The first-order valence-electron chi connectivity index (χ1n) is 9.44. The van der Waals surface area contributed by atoms with Crippen LogP contribution in [0.25, 0.3) is 22.3 Å². The molecule has 1 aliphatic heterocycles. The van der Waals surface area contributed by atoms with Gasteiger partial charge in [0.15, 0.2) is 13.6 Å². The maximum Gasteiger partial charge on any atom is 0.182 e. The number of ether oxygens (including phenoxy) is 1. The molecule has 0 amide bonds. The Labute approximate surface area is 171 Å². The van der Waals surface area contributed by atoms with Crippen molar-refractivity contribution >= 4 is 19.0 Å². The second kappa shape index (κ2) is 8.33. The fraction of sp³-hybridized carbons (Fsp3) is 0.227. The van der Waals surface area contributed by atoms with Crippen LogP contribution in [0.1, 0.15) is 13.3 Å². The van der Waals surface area contributed by atoms with Crippen LogP contribution < -0.4 is 4.74 Å². The molecule has 0 aliphatic carbocycles. The van der Waals surface area contributed by atoms with Crippen LogP contribution in [0, 0.1) is 12.3 Å². The number of allylic oxidation sites excluding steroid dienone is 3. The second-order valence-electron chi connectivity index (χ2n) is 6.79. The standard InChI is InChI=1S/C22H20BN5O/c1-3-5-6-18(4-2)29-19-9-7-16(8-10-19)21-20-13-24-15-25-22(20)28(26-21)14-17-11-12-27(17)23/h1,4-10,13,15,17H,11-12,14H2,2H3/b6-5-,18-4+. The molecule has 0 N–H and O–H groups in total. The zero-order chi connectivity index (χ0) is 20.2. The Hall–Kier alpha value is -3.37. The predicted octanol–water partition coefficient (Wildman–Crippen LogP) is 3.12. The number of benzene rings is 1. The van der Waals surface area contributed by atoms with Gasteiger partial charge in [-0.05, 0) is 62.4 Å². The Kier molecular flexibility index (Phi) is 5.45. The van der Waals surface area contributed by atoms with Gasteiger partial charge in [-0.3, -0.25) is 0 Å². The van der Waals surface area contributed by atoms with Crippen LogP contribution in [0.3, 0.4) is 0 Å².